The third kappa shape index (κ3) is 15.1. The molecule has 8 nitrogen and oxygen atoms in total. The highest BCUT2D eigenvalue weighted by atomic mass is 32.2. The number of hydrogen-bond donors (Lipinski definition) is 2. The summed E-state index contributed by atoms with van der Waals surface area (Å²) in [6.45, 7) is 34.4. The molecule has 0 saturated carbocycles. The molecule has 1 aliphatic rings. The maximum Gasteiger partial charge on any atom is 0.163 e. The van der Waals surface area contributed by atoms with Gasteiger partial charge in [0, 0.05) is 53.4 Å². The van der Waals surface area contributed by atoms with Gasteiger partial charge in [-0.05, 0) is 189 Å². The molecule has 0 amide bonds. The van der Waals surface area contributed by atoms with Crippen LogP contribution in [-0.4, -0.2) is 84.1 Å². The normalized spacial score (nSPS) is 16.6. The molecule has 4 aromatic carbocycles. The molecule has 69 heavy (non-hydrogen) atoms. The van der Waals surface area contributed by atoms with Crippen LogP contribution < -0.4 is 9.47 Å². The summed E-state index contributed by atoms with van der Waals surface area (Å²) in [5.74, 6) is 2.47. The summed E-state index contributed by atoms with van der Waals surface area (Å²) in [4.78, 5) is 0. The van der Waals surface area contributed by atoms with Gasteiger partial charge in [-0.2, -0.15) is 0 Å². The second kappa shape index (κ2) is 24.8. The first-order valence-electron chi connectivity index (χ1n) is 25.3. The van der Waals surface area contributed by atoms with Gasteiger partial charge in [0.25, 0.3) is 0 Å². The van der Waals surface area contributed by atoms with E-state index < -0.39 is 33.5 Å². The SMILES string of the molecule is CCC(CC)(c1ccc(CCS(=O)C(C)(C)C)c(C)c1)c1ccc(OC[C@@H](O)CO)c(C)c1.CCC(CC)(c1ccc(CCS(=O)C(C)(C)C)c(C)c1)c1ccc(OC[C@@H]2COC(C)(C)O2)c(C)c1. The Bertz CT molecular complexity index is 2330. The molecule has 0 spiro atoms. The minimum absolute atomic E-state index is 0.0493. The molecular formula is C59H88O8S2. The zero-order valence-corrected chi connectivity index (χ0v) is 46.9. The number of aliphatic hydroxyl groups excluding tert-OH is 2. The monoisotopic (exact) mass is 989 g/mol. The summed E-state index contributed by atoms with van der Waals surface area (Å²) in [6, 6.07) is 26.5. The van der Waals surface area contributed by atoms with Crippen LogP contribution in [-0.2, 0) is 54.7 Å². The van der Waals surface area contributed by atoms with Gasteiger partial charge in [-0.15, -0.1) is 0 Å². The molecule has 384 valence electrons. The largest absolute Gasteiger partial charge is 0.491 e. The van der Waals surface area contributed by atoms with Crippen molar-refractivity contribution < 1.29 is 37.6 Å². The topological polar surface area (TPSA) is 112 Å². The van der Waals surface area contributed by atoms with Crippen molar-refractivity contribution in [3.05, 3.63) is 128 Å². The lowest BCUT2D eigenvalue weighted by molar-refractivity contribution is -0.141. The maximum atomic E-state index is 12.5. The summed E-state index contributed by atoms with van der Waals surface area (Å²) in [5.41, 5.74) is 12.3. The maximum absolute atomic E-state index is 12.5. The van der Waals surface area contributed by atoms with Gasteiger partial charge in [-0.3, -0.25) is 8.42 Å². The third-order valence-corrected chi connectivity index (χ3v) is 18.2. The number of rotatable bonds is 21. The van der Waals surface area contributed by atoms with Crippen LogP contribution in [0.25, 0.3) is 0 Å². The van der Waals surface area contributed by atoms with Crippen LogP contribution in [0.2, 0.25) is 0 Å². The molecule has 5 rings (SSSR count). The van der Waals surface area contributed by atoms with Crippen molar-refractivity contribution in [1.29, 1.82) is 0 Å². The Hall–Kier alpha value is -3.38. The van der Waals surface area contributed by atoms with E-state index >= 15 is 0 Å². The van der Waals surface area contributed by atoms with E-state index in [4.69, 9.17) is 24.1 Å². The molecule has 0 bridgehead atoms. The quantitative estimate of drug-likeness (QED) is 0.0849. The molecule has 10 heteroatoms. The molecule has 1 fully saturated rings. The lowest BCUT2D eigenvalue weighted by Gasteiger charge is -2.34. The summed E-state index contributed by atoms with van der Waals surface area (Å²) in [6.07, 6.45) is 4.71. The first kappa shape index (κ1) is 58.2. The van der Waals surface area contributed by atoms with Crippen molar-refractivity contribution in [3.8, 4) is 11.5 Å². The van der Waals surface area contributed by atoms with Gasteiger partial charge < -0.3 is 29.2 Å². The summed E-state index contributed by atoms with van der Waals surface area (Å²) < 4.78 is 48.1. The number of aryl methyl sites for hydroxylation is 6. The number of ether oxygens (including phenoxy) is 4. The van der Waals surface area contributed by atoms with E-state index in [0.717, 1.165) is 61.2 Å². The predicted octanol–water partition coefficient (Wildman–Crippen LogP) is 12.3. The fraction of sp³-hybridized carbons (Fsp3) is 0.593. The molecule has 2 N–H and O–H groups in total. The second-order valence-corrected chi connectivity index (χ2v) is 26.2. The fourth-order valence-corrected chi connectivity index (χ4v) is 11.6. The minimum atomic E-state index is -0.878. The van der Waals surface area contributed by atoms with Gasteiger partial charge in [0.2, 0.25) is 0 Å². The van der Waals surface area contributed by atoms with E-state index in [-0.39, 0.29) is 39.6 Å². The first-order valence-corrected chi connectivity index (χ1v) is 28.0. The highest BCUT2D eigenvalue weighted by molar-refractivity contribution is 7.86. The first-order chi connectivity index (χ1) is 32.3. The summed E-state index contributed by atoms with van der Waals surface area (Å²) >= 11 is 0. The molecule has 1 saturated heterocycles. The van der Waals surface area contributed by atoms with Crippen LogP contribution >= 0.6 is 0 Å². The molecule has 4 aromatic rings. The molecule has 1 heterocycles. The van der Waals surface area contributed by atoms with Crippen LogP contribution in [0.4, 0.5) is 0 Å². The van der Waals surface area contributed by atoms with Gasteiger partial charge >= 0.3 is 0 Å². The van der Waals surface area contributed by atoms with E-state index in [1.54, 1.807) is 0 Å². The van der Waals surface area contributed by atoms with Gasteiger partial charge in [-0.1, -0.05) is 88.4 Å². The average molecular weight is 989 g/mol. The third-order valence-electron chi connectivity index (χ3n) is 14.3. The number of aliphatic hydroxyl groups is 2. The van der Waals surface area contributed by atoms with Crippen molar-refractivity contribution in [2.75, 3.05) is 37.9 Å². The Kier molecular flexibility index (Phi) is 20.9. The second-order valence-electron chi connectivity index (χ2n) is 21.6. The molecule has 4 atom stereocenters. The highest BCUT2D eigenvalue weighted by Gasteiger charge is 2.35. The Labute approximate surface area is 422 Å². The van der Waals surface area contributed by atoms with Crippen molar-refractivity contribution >= 4 is 21.6 Å². The van der Waals surface area contributed by atoms with Crippen LogP contribution in [0, 0.1) is 27.7 Å². The molecule has 0 aliphatic carbocycles. The molecule has 0 aromatic heterocycles. The average Bonchev–Trinajstić information content (AvgIpc) is 3.66. The Morgan fingerprint density at radius 3 is 1.32 bits per heavy atom. The van der Waals surface area contributed by atoms with E-state index in [0.29, 0.717) is 24.7 Å². The molecule has 2 unspecified atom stereocenters. The lowest BCUT2D eigenvalue weighted by Crippen LogP contribution is -2.27. The Morgan fingerprint density at radius 2 is 1.00 bits per heavy atom. The van der Waals surface area contributed by atoms with Crippen LogP contribution in [0.15, 0.2) is 72.8 Å². The summed E-state index contributed by atoms with van der Waals surface area (Å²) in [5, 5.41) is 18.6. The van der Waals surface area contributed by atoms with E-state index in [1.807, 2.05) is 68.4 Å². The zero-order valence-electron chi connectivity index (χ0n) is 45.2. The Balaban J connectivity index is 0.000000302. The number of hydrogen-bond acceptors (Lipinski definition) is 8. The lowest BCUT2D eigenvalue weighted by atomic mass is 9.70. The molecule has 0 radical (unpaired) electrons. The van der Waals surface area contributed by atoms with Gasteiger partial charge in [-0.25, -0.2) is 0 Å². The van der Waals surface area contributed by atoms with Gasteiger partial charge in [0.1, 0.15) is 36.9 Å². The predicted molar refractivity (Wildman–Crippen MR) is 289 cm³/mol. The van der Waals surface area contributed by atoms with E-state index in [9.17, 15) is 13.5 Å². The minimum Gasteiger partial charge on any atom is -0.491 e. The van der Waals surface area contributed by atoms with Crippen molar-refractivity contribution in [3.63, 3.8) is 0 Å². The summed E-state index contributed by atoms with van der Waals surface area (Å²) in [7, 11) is -1.69. The van der Waals surface area contributed by atoms with Gasteiger partial charge in [0.05, 0.1) is 13.2 Å². The highest BCUT2D eigenvalue weighted by Crippen LogP contribution is 2.43. The van der Waals surface area contributed by atoms with Crippen molar-refractivity contribution in [2.24, 2.45) is 0 Å². The Morgan fingerprint density at radius 1 is 0.623 bits per heavy atom. The molecule has 1 aliphatic heterocycles. The van der Waals surface area contributed by atoms with Gasteiger partial charge in [0.15, 0.2) is 5.79 Å². The van der Waals surface area contributed by atoms with E-state index in [1.165, 1.54) is 44.5 Å². The van der Waals surface area contributed by atoms with Crippen molar-refractivity contribution in [1.82, 2.24) is 0 Å². The van der Waals surface area contributed by atoms with E-state index in [2.05, 4.69) is 115 Å². The van der Waals surface area contributed by atoms with Crippen LogP contribution in [0.1, 0.15) is 164 Å². The standard InChI is InChI=1S/C31H46O4S.C28H42O4S/c1-10-31(11-2,25-13-12-24(22(3)18-25)16-17-36(32)29(5,6)7)26-14-15-28(23(4)19-26)33-20-27-21-34-30(8,9)35-27;1-8-28(9-2,24-12-13-26(21(4)17-24)32-19-25(30)18-29)23-11-10-22(20(3)16-23)14-15-33(31)27(5,6)7/h12-15,18-19,27H,10-11,16-17,20-21H2,1-9H3;10-13,16-17,25,29-30H,8-9,14-15,18-19H2,1-7H3/t27-,36?;25-,33?/m10/s1. The van der Waals surface area contributed by atoms with Crippen LogP contribution in [0.3, 0.4) is 0 Å². The smallest absolute Gasteiger partial charge is 0.163 e. The number of benzene rings is 4. The molecular weight excluding hydrogens is 901 g/mol. The zero-order chi connectivity index (χ0) is 51.5. The fourth-order valence-electron chi connectivity index (χ4n) is 9.52. The van der Waals surface area contributed by atoms with Crippen LogP contribution in [0.5, 0.6) is 11.5 Å². The van der Waals surface area contributed by atoms with Crippen molar-refractivity contribution in [2.45, 2.75) is 188 Å².